The fourth-order valence-corrected chi connectivity index (χ4v) is 9.59. The van der Waals surface area contributed by atoms with Gasteiger partial charge in [-0.05, 0) is 135 Å². The number of carboxylic acid groups (broad SMARTS) is 1. The second kappa shape index (κ2) is 72.2. The molecule has 0 N–H and O–H groups in total. The van der Waals surface area contributed by atoms with E-state index in [0.717, 1.165) is 141 Å². The van der Waals surface area contributed by atoms with Crippen molar-refractivity contribution in [2.75, 3.05) is 47.5 Å². The molecular weight excluding hydrogens is 1150 g/mol. The molecule has 0 aliphatic heterocycles. The van der Waals surface area contributed by atoms with Gasteiger partial charge in [-0.2, -0.15) is 0 Å². The van der Waals surface area contributed by atoms with Gasteiger partial charge in [-0.25, -0.2) is 0 Å². The number of hydrogen-bond donors (Lipinski definition) is 0. The highest BCUT2D eigenvalue weighted by atomic mass is 16.7. The zero-order chi connectivity index (χ0) is 67.5. The SMILES string of the molecule is CC/C=C\C/C=C\C/C=C\C/C=C\C/C=C\C/C=C\C/C=C\C/C=C\C/C=C\C/C=C\C/C=C\CCCCCCCCCC(=O)OC(COC(=O)CCCCCCCCCCCCCCCC/C=C\C/C=C\C/C=C\C/C=C\CC)COC(OCC[N+](C)(C)C)C(=O)[O-]. The Balaban J connectivity index is 4.18. The summed E-state index contributed by atoms with van der Waals surface area (Å²) < 4.78 is 22.8. The summed E-state index contributed by atoms with van der Waals surface area (Å²) in [4.78, 5) is 37.5. The number of ether oxygens (including phenoxy) is 4. The number of aliphatic carboxylic acids is 1. The fraction of sp³-hybridized carbons (Fsp3) is 0.607. The van der Waals surface area contributed by atoms with Crippen molar-refractivity contribution in [2.24, 2.45) is 0 Å². The lowest BCUT2D eigenvalue weighted by molar-refractivity contribution is -0.870. The van der Waals surface area contributed by atoms with Crippen LogP contribution < -0.4 is 5.11 Å². The molecular formula is C84H135NO8. The van der Waals surface area contributed by atoms with Crippen LogP contribution in [-0.2, 0) is 33.3 Å². The molecule has 0 fully saturated rings. The van der Waals surface area contributed by atoms with Gasteiger partial charge in [-0.1, -0.05) is 305 Å². The molecule has 0 aliphatic rings. The van der Waals surface area contributed by atoms with Crippen LogP contribution in [0.15, 0.2) is 182 Å². The largest absolute Gasteiger partial charge is 0.545 e. The molecule has 524 valence electrons. The molecule has 93 heavy (non-hydrogen) atoms. The smallest absolute Gasteiger partial charge is 0.306 e. The van der Waals surface area contributed by atoms with E-state index >= 15 is 0 Å². The highest BCUT2D eigenvalue weighted by molar-refractivity contribution is 5.70. The highest BCUT2D eigenvalue weighted by Gasteiger charge is 2.22. The Morgan fingerprint density at radius 3 is 0.860 bits per heavy atom. The fourth-order valence-electron chi connectivity index (χ4n) is 9.59. The van der Waals surface area contributed by atoms with Gasteiger partial charge in [0.1, 0.15) is 13.2 Å². The standard InChI is InChI=1S/C84H135NO8/c1-6-8-10-12-14-16-18-20-22-24-26-28-30-32-34-35-36-37-38-39-40-41-42-43-44-45-46-47-49-51-53-55-57-59-61-63-65-67-69-71-73-75-82(87)93-80(79-92-84(83(88)89)90-77-76-85(3,4)5)78-91-81(86)74-72-70-68-66-64-62-60-58-56-54-52-50-48-33-31-29-27-25-23-21-19-17-15-13-11-9-7-2/h8-11,14-17,20-23,26-29,32,34,36-37,39-40,42-43,45-46,49,51,55,57,80,84H,6-7,12-13,18-19,24-25,30-31,33,35,38,41,44,47-48,50,52-54,56,58-79H2,1-5H3/b10-8-,11-9-,16-14-,17-15-,22-20-,23-21-,28-26-,29-27-,34-32-,37-36-,40-39-,43-42-,46-45-,51-49-,57-55-. The third kappa shape index (κ3) is 73.7. The second-order valence-corrected chi connectivity index (χ2v) is 25.1. The van der Waals surface area contributed by atoms with Crippen molar-refractivity contribution in [2.45, 2.75) is 283 Å². The summed E-state index contributed by atoms with van der Waals surface area (Å²) in [6.07, 6.45) is 107. The van der Waals surface area contributed by atoms with Gasteiger partial charge in [0.2, 0.25) is 0 Å². The molecule has 0 aromatic carbocycles. The van der Waals surface area contributed by atoms with E-state index in [-0.39, 0.29) is 38.6 Å². The van der Waals surface area contributed by atoms with Crippen LogP contribution in [0.3, 0.4) is 0 Å². The zero-order valence-corrected chi connectivity index (χ0v) is 59.8. The first-order chi connectivity index (χ1) is 45.6. The third-order valence-electron chi connectivity index (χ3n) is 15.1. The Morgan fingerprint density at radius 2 is 0.581 bits per heavy atom. The molecule has 0 saturated carbocycles. The molecule has 2 unspecified atom stereocenters. The molecule has 0 spiro atoms. The number of allylic oxidation sites excluding steroid dienone is 30. The molecule has 0 saturated heterocycles. The highest BCUT2D eigenvalue weighted by Crippen LogP contribution is 2.16. The lowest BCUT2D eigenvalue weighted by Gasteiger charge is -2.26. The van der Waals surface area contributed by atoms with E-state index in [1.54, 1.807) is 0 Å². The van der Waals surface area contributed by atoms with Gasteiger partial charge in [0, 0.05) is 12.8 Å². The minimum Gasteiger partial charge on any atom is -0.545 e. The summed E-state index contributed by atoms with van der Waals surface area (Å²) in [6.45, 7) is 4.50. The molecule has 0 bridgehead atoms. The van der Waals surface area contributed by atoms with Crippen molar-refractivity contribution in [3.8, 4) is 0 Å². The monoisotopic (exact) mass is 1290 g/mol. The average Bonchev–Trinajstić information content (AvgIpc) is 3.38. The Bertz CT molecular complexity index is 2190. The van der Waals surface area contributed by atoms with E-state index in [4.69, 9.17) is 18.9 Å². The molecule has 9 heteroatoms. The van der Waals surface area contributed by atoms with Gasteiger partial charge in [-0.15, -0.1) is 0 Å². The number of carbonyl (C=O) groups excluding carboxylic acids is 3. The predicted octanol–water partition coefficient (Wildman–Crippen LogP) is 22.2. The minimum absolute atomic E-state index is 0.137. The number of hydrogen-bond acceptors (Lipinski definition) is 8. The van der Waals surface area contributed by atoms with E-state index in [9.17, 15) is 19.5 Å². The summed E-state index contributed by atoms with van der Waals surface area (Å²) in [5.41, 5.74) is 0. The normalized spacial score (nSPS) is 13.8. The summed E-state index contributed by atoms with van der Waals surface area (Å²) in [5, 5.41) is 11.8. The maximum Gasteiger partial charge on any atom is 0.306 e. The van der Waals surface area contributed by atoms with Crippen LogP contribution in [0.5, 0.6) is 0 Å². The lowest BCUT2D eigenvalue weighted by atomic mass is 10.0. The summed E-state index contributed by atoms with van der Waals surface area (Å²) in [7, 11) is 5.92. The Labute approximate surface area is 570 Å². The van der Waals surface area contributed by atoms with Crippen LogP contribution in [0, 0.1) is 0 Å². The summed E-state index contributed by atoms with van der Waals surface area (Å²) >= 11 is 0. The van der Waals surface area contributed by atoms with Gasteiger partial charge in [0.05, 0.1) is 40.3 Å². The molecule has 0 amide bonds. The number of carboxylic acids is 1. The summed E-state index contributed by atoms with van der Waals surface area (Å²) in [6, 6.07) is 0. The first kappa shape index (κ1) is 87.4. The van der Waals surface area contributed by atoms with Crippen molar-refractivity contribution < 1.29 is 42.9 Å². The predicted molar refractivity (Wildman–Crippen MR) is 398 cm³/mol. The molecule has 0 aliphatic carbocycles. The average molecular weight is 1290 g/mol. The van der Waals surface area contributed by atoms with Crippen LogP contribution in [0.25, 0.3) is 0 Å². The molecule has 0 aromatic heterocycles. The number of quaternary nitrogens is 1. The van der Waals surface area contributed by atoms with Crippen molar-refractivity contribution in [3.63, 3.8) is 0 Å². The molecule has 0 aromatic rings. The minimum atomic E-state index is -1.64. The lowest BCUT2D eigenvalue weighted by Crippen LogP contribution is -2.44. The number of unbranched alkanes of at least 4 members (excludes halogenated alkanes) is 21. The van der Waals surface area contributed by atoms with Gasteiger partial charge in [-0.3, -0.25) is 9.59 Å². The van der Waals surface area contributed by atoms with Crippen molar-refractivity contribution in [3.05, 3.63) is 182 Å². The van der Waals surface area contributed by atoms with Crippen LogP contribution in [0.4, 0.5) is 0 Å². The Hall–Kier alpha value is -5.61. The van der Waals surface area contributed by atoms with Gasteiger partial charge < -0.3 is 33.3 Å². The third-order valence-corrected chi connectivity index (χ3v) is 15.1. The number of carbonyl (C=O) groups is 3. The van der Waals surface area contributed by atoms with Gasteiger partial charge >= 0.3 is 11.9 Å². The van der Waals surface area contributed by atoms with Crippen LogP contribution >= 0.6 is 0 Å². The first-order valence-electron chi connectivity index (χ1n) is 36.9. The molecule has 0 radical (unpaired) electrons. The molecule has 0 heterocycles. The molecule has 9 nitrogen and oxygen atoms in total. The van der Waals surface area contributed by atoms with Crippen molar-refractivity contribution in [1.82, 2.24) is 0 Å². The topological polar surface area (TPSA) is 111 Å². The first-order valence-corrected chi connectivity index (χ1v) is 36.9. The number of esters is 2. The molecule has 2 atom stereocenters. The molecule has 0 rings (SSSR count). The maximum atomic E-state index is 13.0. The van der Waals surface area contributed by atoms with Crippen LogP contribution in [0.1, 0.15) is 271 Å². The quantitative estimate of drug-likeness (QED) is 0.0195. The summed E-state index contributed by atoms with van der Waals surface area (Å²) in [5.74, 6) is -2.31. The van der Waals surface area contributed by atoms with Crippen molar-refractivity contribution in [1.29, 1.82) is 0 Å². The second-order valence-electron chi connectivity index (χ2n) is 25.1. The van der Waals surface area contributed by atoms with Crippen LogP contribution in [-0.4, -0.2) is 82.3 Å². The van der Waals surface area contributed by atoms with Gasteiger partial charge in [0.25, 0.3) is 0 Å². The van der Waals surface area contributed by atoms with E-state index < -0.39 is 24.3 Å². The van der Waals surface area contributed by atoms with Crippen LogP contribution in [0.2, 0.25) is 0 Å². The number of likely N-dealkylation sites (N-methyl/N-ethyl adjacent to an activating group) is 1. The Kier molecular flexibility index (Phi) is 67.9. The van der Waals surface area contributed by atoms with Crippen molar-refractivity contribution >= 4 is 17.9 Å². The van der Waals surface area contributed by atoms with E-state index in [1.165, 1.54) is 96.3 Å². The number of nitrogens with zero attached hydrogens (tertiary/aromatic N) is 1. The zero-order valence-electron chi connectivity index (χ0n) is 59.8. The van der Waals surface area contributed by atoms with E-state index in [0.29, 0.717) is 17.4 Å². The maximum absolute atomic E-state index is 13.0. The van der Waals surface area contributed by atoms with E-state index in [1.807, 2.05) is 21.1 Å². The van der Waals surface area contributed by atoms with E-state index in [2.05, 4.69) is 196 Å². The van der Waals surface area contributed by atoms with Gasteiger partial charge in [0.15, 0.2) is 12.4 Å². The number of rotatable bonds is 66. The Morgan fingerprint density at radius 1 is 0.323 bits per heavy atom.